The van der Waals surface area contributed by atoms with E-state index in [-0.39, 0.29) is 11.6 Å². The topological polar surface area (TPSA) is 109 Å². The molecule has 0 radical (unpaired) electrons. The van der Waals surface area contributed by atoms with Crippen LogP contribution in [0.25, 0.3) is 0 Å². The van der Waals surface area contributed by atoms with E-state index in [0.29, 0.717) is 0 Å². The van der Waals surface area contributed by atoms with E-state index < -0.39 is 22.5 Å². The van der Waals surface area contributed by atoms with Crippen LogP contribution in [0.3, 0.4) is 0 Å². The van der Waals surface area contributed by atoms with Crippen LogP contribution in [0.4, 0.5) is 0 Å². The van der Waals surface area contributed by atoms with Crippen molar-refractivity contribution in [3.63, 3.8) is 0 Å². The third kappa shape index (κ3) is 3.90. The number of nitrogens with zero attached hydrogens (tertiary/aromatic N) is 2. The molecule has 2 rings (SSSR count). The van der Waals surface area contributed by atoms with Crippen molar-refractivity contribution in [2.75, 3.05) is 6.54 Å². The van der Waals surface area contributed by atoms with E-state index in [2.05, 4.69) is 25.9 Å². The first-order valence-corrected chi connectivity index (χ1v) is 8.14. The number of hydrogen-bond donors (Lipinski definition) is 2. The zero-order valence-electron chi connectivity index (χ0n) is 10.9. The summed E-state index contributed by atoms with van der Waals surface area (Å²) in [5.74, 6) is -0.727. The number of H-pyrrole nitrogens is 1. The molecule has 1 aromatic heterocycles. The van der Waals surface area contributed by atoms with Gasteiger partial charge in [-0.15, -0.1) is 0 Å². The van der Waals surface area contributed by atoms with Gasteiger partial charge in [0.25, 0.3) is 10.0 Å². The number of aromatic nitrogens is 2. The molecule has 7 nitrogen and oxygen atoms in total. The van der Waals surface area contributed by atoms with Gasteiger partial charge in [0.05, 0.1) is 19.1 Å². The minimum atomic E-state index is -3.86. The van der Waals surface area contributed by atoms with Gasteiger partial charge in [0.1, 0.15) is 0 Å². The van der Waals surface area contributed by atoms with Gasteiger partial charge in [-0.3, -0.25) is 4.79 Å². The Kier molecular flexibility index (Phi) is 4.76. The Morgan fingerprint density at radius 2 is 2.00 bits per heavy atom. The first-order valence-electron chi connectivity index (χ1n) is 5.91. The van der Waals surface area contributed by atoms with Gasteiger partial charge in [0.15, 0.2) is 5.03 Å². The maximum Gasteiger partial charge on any atom is 0.260 e. The molecule has 1 aromatic carbocycles. The van der Waals surface area contributed by atoms with Gasteiger partial charge in [-0.25, -0.2) is 13.4 Å². The van der Waals surface area contributed by atoms with Crippen molar-refractivity contribution in [3.05, 3.63) is 46.8 Å². The molecule has 0 aliphatic carbocycles. The molecule has 1 amide bonds. The standard InChI is InChI=1S/C12H13BrN4O3S/c13-10-3-1-9(2-4-10)6-17(7-11(14)18)21(19,20)12-5-15-8-16-12/h1-5,8H,6-7H2,(H2,14,18)(H,15,16). The number of rotatable bonds is 6. The summed E-state index contributed by atoms with van der Waals surface area (Å²) in [6.45, 7) is -0.366. The molecule has 0 unspecified atom stereocenters. The van der Waals surface area contributed by atoms with Gasteiger partial charge < -0.3 is 10.7 Å². The highest BCUT2D eigenvalue weighted by atomic mass is 79.9. The molecule has 112 valence electrons. The molecular weight excluding hydrogens is 360 g/mol. The third-order valence-corrected chi connectivity index (χ3v) is 4.94. The fourth-order valence-corrected chi connectivity index (χ4v) is 3.27. The second-order valence-electron chi connectivity index (χ2n) is 4.28. The lowest BCUT2D eigenvalue weighted by molar-refractivity contribution is -0.118. The van der Waals surface area contributed by atoms with Crippen molar-refractivity contribution in [1.29, 1.82) is 0 Å². The first-order chi connectivity index (χ1) is 9.89. The molecule has 0 atom stereocenters. The number of nitrogens with two attached hydrogens (primary N) is 1. The van der Waals surface area contributed by atoms with Gasteiger partial charge in [-0.2, -0.15) is 4.31 Å². The number of nitrogens with one attached hydrogen (secondary N) is 1. The van der Waals surface area contributed by atoms with Gasteiger partial charge >= 0.3 is 0 Å². The molecule has 0 saturated carbocycles. The third-order valence-electron chi connectivity index (χ3n) is 2.70. The average molecular weight is 373 g/mol. The van der Waals surface area contributed by atoms with E-state index in [1.54, 1.807) is 24.3 Å². The second-order valence-corrected chi connectivity index (χ2v) is 7.10. The summed E-state index contributed by atoms with van der Waals surface area (Å²) in [7, 11) is -3.86. The molecule has 0 aliphatic heterocycles. The van der Waals surface area contributed by atoms with E-state index in [4.69, 9.17) is 5.73 Å². The first kappa shape index (κ1) is 15.7. The Morgan fingerprint density at radius 3 is 2.52 bits per heavy atom. The van der Waals surface area contributed by atoms with Crippen LogP contribution in [-0.4, -0.2) is 35.1 Å². The molecular formula is C12H13BrN4O3S. The number of hydrogen-bond acceptors (Lipinski definition) is 4. The monoisotopic (exact) mass is 372 g/mol. The number of carbonyl (C=O) groups is 1. The van der Waals surface area contributed by atoms with Crippen molar-refractivity contribution in [3.8, 4) is 0 Å². The van der Waals surface area contributed by atoms with Gasteiger partial charge in [-0.05, 0) is 17.7 Å². The van der Waals surface area contributed by atoms with Crippen molar-refractivity contribution in [2.45, 2.75) is 11.6 Å². The van der Waals surface area contributed by atoms with Crippen LogP contribution in [0.2, 0.25) is 0 Å². The van der Waals surface area contributed by atoms with Crippen molar-refractivity contribution in [2.24, 2.45) is 5.73 Å². The van der Waals surface area contributed by atoms with Gasteiger partial charge in [0.2, 0.25) is 5.91 Å². The Labute approximate surface area is 130 Å². The lowest BCUT2D eigenvalue weighted by Gasteiger charge is -2.19. The van der Waals surface area contributed by atoms with Crippen molar-refractivity contribution >= 4 is 31.9 Å². The number of carbonyl (C=O) groups excluding carboxylic acids is 1. The van der Waals surface area contributed by atoms with Crippen LogP contribution in [0, 0.1) is 0 Å². The summed E-state index contributed by atoms with van der Waals surface area (Å²) < 4.78 is 26.8. The minimum absolute atomic E-state index is 0.0393. The molecule has 0 aliphatic rings. The molecule has 0 saturated heterocycles. The predicted octanol–water partition coefficient (Wildman–Crippen LogP) is 0.848. The molecule has 9 heteroatoms. The van der Waals surface area contributed by atoms with E-state index >= 15 is 0 Å². The van der Waals surface area contributed by atoms with E-state index in [1.165, 1.54) is 12.5 Å². The van der Waals surface area contributed by atoms with E-state index in [9.17, 15) is 13.2 Å². The van der Waals surface area contributed by atoms with E-state index in [0.717, 1.165) is 14.3 Å². The number of halogens is 1. The van der Waals surface area contributed by atoms with Crippen LogP contribution < -0.4 is 5.73 Å². The lowest BCUT2D eigenvalue weighted by atomic mass is 10.2. The van der Waals surface area contributed by atoms with Crippen LogP contribution >= 0.6 is 15.9 Å². The highest BCUT2D eigenvalue weighted by molar-refractivity contribution is 9.10. The summed E-state index contributed by atoms with van der Waals surface area (Å²) in [6, 6.07) is 7.11. The van der Waals surface area contributed by atoms with E-state index in [1.807, 2.05) is 0 Å². The van der Waals surface area contributed by atoms with Gasteiger partial charge in [-0.1, -0.05) is 28.1 Å². The molecule has 3 N–H and O–H groups in total. The van der Waals surface area contributed by atoms with Crippen LogP contribution in [0.15, 0.2) is 46.3 Å². The largest absolute Gasteiger partial charge is 0.369 e. The predicted molar refractivity (Wildman–Crippen MR) is 79.5 cm³/mol. The molecule has 0 fully saturated rings. The highest BCUT2D eigenvalue weighted by Gasteiger charge is 2.27. The summed E-state index contributed by atoms with van der Waals surface area (Å²) in [4.78, 5) is 17.4. The quantitative estimate of drug-likeness (QED) is 0.782. The molecule has 21 heavy (non-hydrogen) atoms. The van der Waals surface area contributed by atoms with Crippen LogP contribution in [0.1, 0.15) is 5.56 Å². The highest BCUT2D eigenvalue weighted by Crippen LogP contribution is 2.17. The molecule has 2 aromatic rings. The zero-order valence-corrected chi connectivity index (χ0v) is 13.3. The fourth-order valence-electron chi connectivity index (χ4n) is 1.72. The number of amides is 1. The molecule has 1 heterocycles. The molecule has 0 spiro atoms. The Bertz CT molecular complexity index is 713. The SMILES string of the molecule is NC(=O)CN(Cc1ccc(Br)cc1)S(=O)(=O)c1cnc[nH]1. The number of benzene rings is 1. The molecule has 0 bridgehead atoms. The second kappa shape index (κ2) is 6.37. The van der Waals surface area contributed by atoms with Crippen molar-refractivity contribution < 1.29 is 13.2 Å². The maximum atomic E-state index is 12.4. The number of aromatic amines is 1. The Morgan fingerprint density at radius 1 is 1.33 bits per heavy atom. The fraction of sp³-hybridized carbons (Fsp3) is 0.167. The summed E-state index contributed by atoms with van der Waals surface area (Å²) in [5.41, 5.74) is 5.88. The van der Waals surface area contributed by atoms with Crippen molar-refractivity contribution in [1.82, 2.24) is 14.3 Å². The number of imidazole rings is 1. The zero-order chi connectivity index (χ0) is 15.5. The Balaban J connectivity index is 2.30. The summed E-state index contributed by atoms with van der Waals surface area (Å²) >= 11 is 3.30. The lowest BCUT2D eigenvalue weighted by Crippen LogP contribution is -2.38. The maximum absolute atomic E-state index is 12.4. The number of sulfonamides is 1. The smallest absolute Gasteiger partial charge is 0.260 e. The minimum Gasteiger partial charge on any atom is -0.369 e. The Hall–Kier alpha value is -1.71. The summed E-state index contributed by atoms with van der Waals surface area (Å²) in [6.07, 6.45) is 2.44. The summed E-state index contributed by atoms with van der Waals surface area (Å²) in [5, 5.41) is -0.0825. The normalized spacial score (nSPS) is 11.7. The van der Waals surface area contributed by atoms with Crippen LogP contribution in [0.5, 0.6) is 0 Å². The van der Waals surface area contributed by atoms with Crippen LogP contribution in [-0.2, 0) is 21.4 Å². The van der Waals surface area contributed by atoms with Gasteiger partial charge in [0, 0.05) is 11.0 Å². The number of primary amides is 1. The average Bonchev–Trinajstić information content (AvgIpc) is 2.94.